The number of para-hydroxylation sites is 1. The van der Waals surface area contributed by atoms with Gasteiger partial charge in [0, 0.05) is 72.8 Å². The summed E-state index contributed by atoms with van der Waals surface area (Å²) in [6, 6.07) is 11.6. The van der Waals surface area contributed by atoms with Crippen molar-refractivity contribution in [2.45, 2.75) is 43.8 Å². The van der Waals surface area contributed by atoms with E-state index in [0.717, 1.165) is 46.1 Å². The van der Waals surface area contributed by atoms with Crippen molar-refractivity contribution in [2.24, 2.45) is 24.6 Å². The van der Waals surface area contributed by atoms with Crippen LogP contribution in [0.2, 0.25) is 0 Å². The molecule has 1 aliphatic heterocycles. The maximum atomic E-state index is 14.3. The van der Waals surface area contributed by atoms with Crippen LogP contribution in [0.1, 0.15) is 29.6 Å². The lowest BCUT2D eigenvalue weighted by Gasteiger charge is -2.27. The first-order valence-electron chi connectivity index (χ1n) is 14.4. The first-order valence-corrected chi connectivity index (χ1v) is 14.4. The highest BCUT2D eigenvalue weighted by atomic mass is 19.3. The first kappa shape index (κ1) is 25.5. The van der Waals surface area contributed by atoms with Gasteiger partial charge in [0.25, 0.3) is 11.8 Å². The lowest BCUT2D eigenvalue weighted by molar-refractivity contribution is 0.0700. The molecule has 11 heteroatoms. The Morgan fingerprint density at radius 3 is 2.71 bits per heavy atom. The summed E-state index contributed by atoms with van der Waals surface area (Å²) in [6.07, 6.45) is 5.38. The Labute approximate surface area is 240 Å². The van der Waals surface area contributed by atoms with Crippen molar-refractivity contribution in [2.75, 3.05) is 13.7 Å². The van der Waals surface area contributed by atoms with Gasteiger partial charge in [-0.25, -0.2) is 13.8 Å². The van der Waals surface area contributed by atoms with E-state index in [9.17, 15) is 13.6 Å². The number of likely N-dealkylation sites (tertiary alicyclic amines) is 1. The number of aryl methyl sites for hydroxylation is 1. The van der Waals surface area contributed by atoms with E-state index in [-0.39, 0.29) is 31.0 Å². The molecule has 216 valence electrons. The third-order valence-electron chi connectivity index (χ3n) is 9.63. The van der Waals surface area contributed by atoms with Crippen LogP contribution in [0.3, 0.4) is 0 Å². The monoisotopic (exact) mass is 571 g/mol. The fourth-order valence-corrected chi connectivity index (χ4v) is 7.29. The number of nitrogens with zero attached hydrogens (tertiary/aromatic N) is 5. The molecule has 1 amide bonds. The van der Waals surface area contributed by atoms with Gasteiger partial charge >= 0.3 is 0 Å². The van der Waals surface area contributed by atoms with E-state index in [1.54, 1.807) is 31.6 Å². The number of rotatable bonds is 6. The number of piperidine rings is 1. The van der Waals surface area contributed by atoms with Crippen LogP contribution >= 0.6 is 0 Å². The van der Waals surface area contributed by atoms with Gasteiger partial charge in [0.1, 0.15) is 11.3 Å². The Balaban J connectivity index is 1.28. The molecule has 3 aliphatic rings. The third-order valence-corrected chi connectivity index (χ3v) is 9.63. The van der Waals surface area contributed by atoms with Crippen LogP contribution in [0, 0.1) is 11.8 Å². The highest BCUT2D eigenvalue weighted by molar-refractivity contribution is 6.01. The Morgan fingerprint density at radius 1 is 1.21 bits per heavy atom. The predicted molar refractivity (Wildman–Crippen MR) is 154 cm³/mol. The zero-order chi connectivity index (χ0) is 28.9. The summed E-state index contributed by atoms with van der Waals surface area (Å²) in [5.74, 6) is -2.02. The number of amides is 1. The lowest BCUT2D eigenvalue weighted by atomic mass is 10.1. The number of fused-ring (bicyclic) bond motifs is 4. The Kier molecular flexibility index (Phi) is 5.38. The van der Waals surface area contributed by atoms with Crippen molar-refractivity contribution in [1.29, 1.82) is 0 Å². The molecule has 9 nitrogen and oxygen atoms in total. The molecule has 2 aromatic carbocycles. The van der Waals surface area contributed by atoms with E-state index in [0.29, 0.717) is 35.1 Å². The van der Waals surface area contributed by atoms with Crippen molar-refractivity contribution in [1.82, 2.24) is 29.2 Å². The number of hydrogen-bond acceptors (Lipinski definition) is 5. The molecule has 1 unspecified atom stereocenters. The normalized spacial score (nSPS) is 24.3. The number of benzene rings is 2. The van der Waals surface area contributed by atoms with Gasteiger partial charge in [0.15, 0.2) is 5.82 Å². The molecule has 2 bridgehead atoms. The van der Waals surface area contributed by atoms with Crippen LogP contribution in [-0.2, 0) is 13.6 Å². The van der Waals surface area contributed by atoms with Crippen LogP contribution in [0.5, 0.6) is 5.75 Å². The Morgan fingerprint density at radius 2 is 2.05 bits per heavy atom. The van der Waals surface area contributed by atoms with E-state index in [4.69, 9.17) is 15.5 Å². The highest BCUT2D eigenvalue weighted by Crippen LogP contribution is 2.51. The van der Waals surface area contributed by atoms with E-state index < -0.39 is 11.8 Å². The number of H-pyrrole nitrogens is 1. The van der Waals surface area contributed by atoms with Crippen LogP contribution in [0.4, 0.5) is 8.78 Å². The van der Waals surface area contributed by atoms with Crippen molar-refractivity contribution < 1.29 is 18.3 Å². The number of alkyl halides is 2. The Bertz CT molecular complexity index is 1880. The van der Waals surface area contributed by atoms with Gasteiger partial charge in [-0.05, 0) is 37.0 Å². The van der Waals surface area contributed by atoms with Crippen LogP contribution < -0.4 is 10.5 Å². The van der Waals surface area contributed by atoms with Gasteiger partial charge in [-0.15, -0.1) is 0 Å². The van der Waals surface area contributed by atoms with Crippen LogP contribution in [-0.4, -0.2) is 66.8 Å². The molecule has 3 aromatic heterocycles. The number of imidazole rings is 1. The summed E-state index contributed by atoms with van der Waals surface area (Å²) in [5, 5.41) is 7.88. The first-order chi connectivity index (χ1) is 20.2. The summed E-state index contributed by atoms with van der Waals surface area (Å²) >= 11 is 0. The number of ether oxygens (including phenoxy) is 1. The topological polar surface area (TPSA) is 107 Å². The van der Waals surface area contributed by atoms with Gasteiger partial charge in [0.05, 0.1) is 30.0 Å². The highest BCUT2D eigenvalue weighted by Gasteiger charge is 2.57. The van der Waals surface area contributed by atoms with Crippen LogP contribution in [0.25, 0.3) is 44.6 Å². The van der Waals surface area contributed by atoms with E-state index in [2.05, 4.69) is 10.2 Å². The van der Waals surface area contributed by atoms with Crippen molar-refractivity contribution in [3.05, 3.63) is 54.4 Å². The van der Waals surface area contributed by atoms with Gasteiger partial charge in [0.2, 0.25) is 0 Å². The van der Waals surface area contributed by atoms with Gasteiger partial charge in [-0.2, -0.15) is 5.10 Å². The molecule has 3 N–H and O–H groups in total. The maximum Gasteiger partial charge on any atom is 0.254 e. The minimum atomic E-state index is -2.68. The fourth-order valence-electron chi connectivity index (χ4n) is 7.29. The Hall–Kier alpha value is -4.25. The number of aromatic nitrogens is 5. The van der Waals surface area contributed by atoms with E-state index >= 15 is 0 Å². The largest absolute Gasteiger partial charge is 0.494 e. The molecule has 2 saturated carbocycles. The van der Waals surface area contributed by atoms with Crippen molar-refractivity contribution in [3.8, 4) is 28.4 Å². The van der Waals surface area contributed by atoms with Gasteiger partial charge in [-0.1, -0.05) is 18.2 Å². The molecule has 3 fully saturated rings. The van der Waals surface area contributed by atoms with Crippen molar-refractivity contribution in [3.63, 3.8) is 0 Å². The average Bonchev–Trinajstić information content (AvgIpc) is 3.63. The van der Waals surface area contributed by atoms with Crippen LogP contribution in [0.15, 0.2) is 48.8 Å². The summed E-state index contributed by atoms with van der Waals surface area (Å²) in [7, 11) is 3.46. The molecule has 0 radical (unpaired) electrons. The number of carbonyl (C=O) groups is 1. The summed E-state index contributed by atoms with van der Waals surface area (Å²) in [6.45, 7) is 0.825. The molecular formula is C31H31F2N7O2. The molecule has 2 aliphatic carbocycles. The zero-order valence-electron chi connectivity index (χ0n) is 23.3. The quantitative estimate of drug-likeness (QED) is 0.304. The van der Waals surface area contributed by atoms with Crippen molar-refractivity contribution >= 4 is 27.8 Å². The third kappa shape index (κ3) is 3.65. The summed E-state index contributed by atoms with van der Waals surface area (Å²) in [5.41, 5.74) is 11.6. The molecule has 1 saturated heterocycles. The number of nitrogens with two attached hydrogens (primary N) is 1. The maximum absolute atomic E-state index is 14.3. The SMILES string of the molecule is COc1cc(C(=O)N2C[C@H]3CC[C@@H]2[C@@H]3N)cc2nc(-c3cc4cccc(-c5cn[nH]c5)c4n3CC3CC3(F)F)n(C)c12. The number of carbonyl (C=O) groups excluding carboxylic acids is 1. The standard InChI is InChI=1S/C31H31F2N7O2/c1-38-28-22(8-18(10-25(28)42-2)30(41)40-14-17-6-7-23(40)26(17)34)37-29(38)24-9-16-4-3-5-21(19-12-35-36-13-19)27(16)39(24)15-20-11-31(20,32)33/h3-5,8-10,12-13,17,20,23,26H,6-7,11,14-15,34H2,1-2H3,(H,35,36)/t17-,20?,23-,26-/m1/s1. The second-order valence-corrected chi connectivity index (χ2v) is 12.0. The molecular weight excluding hydrogens is 540 g/mol. The molecule has 4 heterocycles. The fraction of sp³-hybridized carbons (Fsp3) is 0.387. The number of aromatic amines is 1. The minimum Gasteiger partial charge on any atom is -0.494 e. The average molecular weight is 572 g/mol. The molecule has 5 aromatic rings. The molecule has 42 heavy (non-hydrogen) atoms. The molecule has 0 spiro atoms. The van der Waals surface area contributed by atoms with E-state index in [1.807, 2.05) is 45.3 Å². The zero-order valence-corrected chi connectivity index (χ0v) is 23.3. The number of nitrogens with one attached hydrogen (secondary N) is 1. The lowest BCUT2D eigenvalue weighted by Crippen LogP contribution is -2.41. The molecule has 8 rings (SSSR count). The number of halogens is 2. The summed E-state index contributed by atoms with van der Waals surface area (Å²) < 4.78 is 38.2. The van der Waals surface area contributed by atoms with Gasteiger partial charge < -0.3 is 24.5 Å². The number of hydrogen-bond donors (Lipinski definition) is 2. The second kappa shape index (κ2) is 8.87. The minimum absolute atomic E-state index is 0.0220. The molecule has 4 atom stereocenters. The smallest absolute Gasteiger partial charge is 0.254 e. The second-order valence-electron chi connectivity index (χ2n) is 12.0. The number of methoxy groups -OCH3 is 1. The van der Waals surface area contributed by atoms with Gasteiger partial charge in [-0.3, -0.25) is 9.89 Å². The predicted octanol–water partition coefficient (Wildman–Crippen LogP) is 4.81. The van der Waals surface area contributed by atoms with E-state index in [1.165, 1.54) is 0 Å². The summed E-state index contributed by atoms with van der Waals surface area (Å²) in [4.78, 5) is 20.6.